The number of hydrogen-bond donors (Lipinski definition) is 3. The minimum atomic E-state index is -0.543. The highest BCUT2D eigenvalue weighted by molar-refractivity contribution is 5.69. The highest BCUT2D eigenvalue weighted by Crippen LogP contribution is 2.32. The minimum absolute atomic E-state index is 0.115. The van der Waals surface area contributed by atoms with Crippen LogP contribution in [-0.2, 0) is 17.7 Å². The summed E-state index contributed by atoms with van der Waals surface area (Å²) in [4.78, 5) is 18.5. The van der Waals surface area contributed by atoms with E-state index in [2.05, 4.69) is 27.0 Å². The number of alkyl carbamates (subject to hydrolysis) is 1. The number of hydrogen-bond acceptors (Lipinski definition) is 8. The van der Waals surface area contributed by atoms with Gasteiger partial charge in [-0.25, -0.2) is 9.78 Å². The second-order valence-corrected chi connectivity index (χ2v) is 8.68. The Morgan fingerprint density at radius 3 is 2.73 bits per heavy atom. The van der Waals surface area contributed by atoms with Crippen LogP contribution in [0.2, 0.25) is 0 Å². The van der Waals surface area contributed by atoms with E-state index in [1.165, 1.54) is 0 Å². The van der Waals surface area contributed by atoms with Gasteiger partial charge >= 0.3 is 6.09 Å². The van der Waals surface area contributed by atoms with Gasteiger partial charge in [-0.3, -0.25) is 0 Å². The Balaban J connectivity index is 2.15. The number of fused-ring (bicyclic) bond motifs is 1. The molecule has 1 aromatic heterocycles. The molecule has 0 radical (unpaired) electrons. The number of rotatable bonds is 8. The number of aromatic nitrogens is 1. The second kappa shape index (κ2) is 10.5. The van der Waals surface area contributed by atoms with Crippen molar-refractivity contribution in [3.8, 4) is 11.9 Å². The molecule has 30 heavy (non-hydrogen) atoms. The van der Waals surface area contributed by atoms with E-state index in [-0.39, 0.29) is 6.10 Å². The van der Waals surface area contributed by atoms with E-state index in [0.29, 0.717) is 37.6 Å². The van der Waals surface area contributed by atoms with Crippen molar-refractivity contribution in [2.45, 2.75) is 52.4 Å². The van der Waals surface area contributed by atoms with E-state index in [1.807, 2.05) is 46.7 Å². The monoisotopic (exact) mass is 418 g/mol. The first-order valence-corrected chi connectivity index (χ1v) is 10.3. The van der Waals surface area contributed by atoms with Crippen LogP contribution < -0.4 is 20.7 Å². The fourth-order valence-corrected chi connectivity index (χ4v) is 3.28. The van der Waals surface area contributed by atoms with Crippen LogP contribution in [0.15, 0.2) is 0 Å². The minimum Gasteiger partial charge on any atom is -0.472 e. The lowest BCUT2D eigenvalue weighted by Gasteiger charge is -2.25. The van der Waals surface area contributed by atoms with Crippen LogP contribution in [0.3, 0.4) is 0 Å². The Morgan fingerprint density at radius 2 is 2.10 bits per heavy atom. The number of nitriles is 1. The van der Waals surface area contributed by atoms with Crippen LogP contribution in [0.25, 0.3) is 0 Å². The zero-order chi connectivity index (χ0) is 22.3. The summed E-state index contributed by atoms with van der Waals surface area (Å²) in [5.41, 5.74) is 2.50. The summed E-state index contributed by atoms with van der Waals surface area (Å²) in [7, 11) is 3.94. The largest absolute Gasteiger partial charge is 0.472 e. The van der Waals surface area contributed by atoms with Crippen molar-refractivity contribution in [3.63, 3.8) is 0 Å². The molecule has 2 rings (SSSR count). The number of amides is 1. The molecule has 0 spiro atoms. The first-order valence-electron chi connectivity index (χ1n) is 10.3. The maximum atomic E-state index is 11.8. The third-order valence-corrected chi connectivity index (χ3v) is 4.34. The molecule has 0 saturated carbocycles. The summed E-state index contributed by atoms with van der Waals surface area (Å²) >= 11 is 0. The highest BCUT2D eigenvalue weighted by atomic mass is 16.6. The molecule has 3 N–H and O–H groups in total. The van der Waals surface area contributed by atoms with Crippen molar-refractivity contribution in [3.05, 3.63) is 16.8 Å². The quantitative estimate of drug-likeness (QED) is 0.549. The van der Waals surface area contributed by atoms with Crippen LogP contribution in [0, 0.1) is 11.3 Å². The van der Waals surface area contributed by atoms with Crippen molar-refractivity contribution in [2.24, 2.45) is 0 Å². The van der Waals surface area contributed by atoms with Crippen LogP contribution in [-0.4, -0.2) is 68.0 Å². The van der Waals surface area contributed by atoms with Gasteiger partial charge in [-0.1, -0.05) is 0 Å². The molecular formula is C21H34N6O3. The second-order valence-electron chi connectivity index (χ2n) is 8.68. The first kappa shape index (κ1) is 23.7. The topological polar surface area (TPSA) is 112 Å². The Kier molecular flexibility index (Phi) is 8.26. The fourth-order valence-electron chi connectivity index (χ4n) is 3.28. The van der Waals surface area contributed by atoms with E-state index < -0.39 is 11.7 Å². The van der Waals surface area contributed by atoms with Crippen LogP contribution in [0.4, 0.5) is 10.5 Å². The van der Waals surface area contributed by atoms with Gasteiger partial charge in [0.15, 0.2) is 0 Å². The summed E-state index contributed by atoms with van der Waals surface area (Å²) < 4.78 is 11.3. The number of likely N-dealkylation sites (N-methyl/N-ethyl adjacent to an activating group) is 1. The maximum Gasteiger partial charge on any atom is 0.407 e. The zero-order valence-electron chi connectivity index (χ0n) is 18.9. The molecule has 2 heterocycles. The molecule has 1 unspecified atom stereocenters. The standard InChI is InChI=1S/C21H34N6O3/c1-14(13-27(5)6)29-19-16(11-22)18(15-7-8-23-12-17(15)26-19)24-9-10-25-20(28)30-21(2,3)4/h14,23H,7-10,12-13H2,1-6H3,(H,24,26)(H,25,28). The molecule has 1 aromatic rings. The number of nitrogens with one attached hydrogen (secondary N) is 3. The van der Waals surface area contributed by atoms with Crippen LogP contribution in [0.1, 0.15) is 44.5 Å². The molecule has 0 aromatic carbocycles. The van der Waals surface area contributed by atoms with Crippen molar-refractivity contribution < 1.29 is 14.3 Å². The van der Waals surface area contributed by atoms with Crippen molar-refractivity contribution >= 4 is 11.8 Å². The van der Waals surface area contributed by atoms with Gasteiger partial charge in [-0.05, 0) is 54.8 Å². The van der Waals surface area contributed by atoms with Crippen molar-refractivity contribution in [2.75, 3.05) is 45.6 Å². The van der Waals surface area contributed by atoms with E-state index >= 15 is 0 Å². The van der Waals surface area contributed by atoms with Gasteiger partial charge in [0.2, 0.25) is 5.88 Å². The normalized spacial score (nSPS) is 14.5. The van der Waals surface area contributed by atoms with Gasteiger partial charge in [0.25, 0.3) is 0 Å². The molecule has 0 fully saturated rings. The lowest BCUT2D eigenvalue weighted by molar-refractivity contribution is 0.0530. The van der Waals surface area contributed by atoms with Gasteiger partial charge in [0, 0.05) is 31.7 Å². The van der Waals surface area contributed by atoms with E-state index in [4.69, 9.17) is 9.47 Å². The molecule has 9 heteroatoms. The van der Waals surface area contributed by atoms with Crippen LogP contribution >= 0.6 is 0 Å². The van der Waals surface area contributed by atoms with Gasteiger partial charge < -0.3 is 30.3 Å². The predicted octanol–water partition coefficient (Wildman–Crippen LogP) is 1.86. The summed E-state index contributed by atoms with van der Waals surface area (Å²) in [6, 6.07) is 2.26. The first-order chi connectivity index (χ1) is 14.1. The Hall–Kier alpha value is -2.57. The summed E-state index contributed by atoms with van der Waals surface area (Å²) in [6.07, 6.45) is 0.190. The van der Waals surface area contributed by atoms with Crippen LogP contribution in [0.5, 0.6) is 5.88 Å². The summed E-state index contributed by atoms with van der Waals surface area (Å²) in [6.45, 7) is 10.4. The van der Waals surface area contributed by atoms with Crippen molar-refractivity contribution in [1.29, 1.82) is 5.26 Å². The molecule has 1 aliphatic heterocycles. The predicted molar refractivity (Wildman–Crippen MR) is 116 cm³/mol. The molecule has 0 saturated heterocycles. The number of ether oxygens (including phenoxy) is 2. The number of anilines is 1. The van der Waals surface area contributed by atoms with E-state index in [9.17, 15) is 10.1 Å². The van der Waals surface area contributed by atoms with Gasteiger partial charge in [-0.15, -0.1) is 0 Å². The molecule has 0 aliphatic carbocycles. The number of pyridine rings is 1. The number of carbonyl (C=O) groups is 1. The summed E-state index contributed by atoms with van der Waals surface area (Å²) in [5, 5.41) is 19.2. The lowest BCUT2D eigenvalue weighted by atomic mass is 10.0. The maximum absolute atomic E-state index is 11.8. The number of nitrogens with zero attached hydrogens (tertiary/aromatic N) is 3. The van der Waals surface area contributed by atoms with Gasteiger partial charge in [-0.2, -0.15) is 5.26 Å². The third-order valence-electron chi connectivity index (χ3n) is 4.34. The molecule has 1 atom stereocenters. The fraction of sp³-hybridized carbons (Fsp3) is 0.667. The molecule has 1 aliphatic rings. The zero-order valence-corrected chi connectivity index (χ0v) is 18.9. The SMILES string of the molecule is CC(CN(C)C)Oc1nc2c(c(NCCNC(=O)OC(C)(C)C)c1C#N)CCNC2. The third kappa shape index (κ3) is 7.04. The Labute approximate surface area is 179 Å². The summed E-state index contributed by atoms with van der Waals surface area (Å²) in [5.74, 6) is 0.344. The molecule has 1 amide bonds. The number of carbonyl (C=O) groups excluding carboxylic acids is 1. The van der Waals surface area contributed by atoms with Crippen molar-refractivity contribution in [1.82, 2.24) is 20.5 Å². The average Bonchev–Trinajstić information content (AvgIpc) is 2.62. The van der Waals surface area contributed by atoms with E-state index in [0.717, 1.165) is 29.9 Å². The Morgan fingerprint density at radius 1 is 1.37 bits per heavy atom. The molecule has 9 nitrogen and oxygen atoms in total. The highest BCUT2D eigenvalue weighted by Gasteiger charge is 2.24. The van der Waals surface area contributed by atoms with Gasteiger partial charge in [0.05, 0.1) is 11.4 Å². The average molecular weight is 419 g/mol. The lowest BCUT2D eigenvalue weighted by Crippen LogP contribution is -2.35. The van der Waals surface area contributed by atoms with E-state index in [1.54, 1.807) is 0 Å². The molecule has 166 valence electrons. The Bertz CT molecular complexity index is 782. The molecule has 0 bridgehead atoms. The smallest absolute Gasteiger partial charge is 0.407 e. The molecular weight excluding hydrogens is 384 g/mol. The van der Waals surface area contributed by atoms with Gasteiger partial charge in [0.1, 0.15) is 23.3 Å².